The highest BCUT2D eigenvalue weighted by Crippen LogP contribution is 2.52. The number of nitrogens with one attached hydrogen (secondary N) is 1. The number of hydrogen-bond acceptors (Lipinski definition) is 3. The fraction of sp³-hybridized carbons (Fsp3) is 0.625. The fourth-order valence-corrected chi connectivity index (χ4v) is 3.71. The molecule has 2 aliphatic rings. The Morgan fingerprint density at radius 1 is 1.32 bits per heavy atom. The first-order valence-electron chi connectivity index (χ1n) is 7.30. The molecule has 1 spiro atoms. The van der Waals surface area contributed by atoms with Crippen LogP contribution in [0.5, 0.6) is 5.75 Å². The van der Waals surface area contributed by atoms with E-state index in [9.17, 15) is 0 Å². The Bertz CT molecular complexity index is 452. The second kappa shape index (κ2) is 5.14. The van der Waals surface area contributed by atoms with Crippen molar-refractivity contribution in [2.75, 3.05) is 26.8 Å². The van der Waals surface area contributed by atoms with Crippen molar-refractivity contribution < 1.29 is 9.47 Å². The van der Waals surface area contributed by atoms with Crippen LogP contribution in [0.2, 0.25) is 0 Å². The molecule has 1 saturated heterocycles. The van der Waals surface area contributed by atoms with Crippen molar-refractivity contribution in [1.29, 1.82) is 0 Å². The smallest absolute Gasteiger partial charge is 0.119 e. The molecule has 3 rings (SSSR count). The van der Waals surface area contributed by atoms with E-state index in [1.807, 2.05) is 0 Å². The molecule has 3 nitrogen and oxygen atoms in total. The molecule has 1 aliphatic heterocycles. The van der Waals surface area contributed by atoms with E-state index in [-0.39, 0.29) is 6.10 Å². The van der Waals surface area contributed by atoms with Crippen molar-refractivity contribution in [2.45, 2.75) is 37.7 Å². The SMILES string of the molecule is CCO[C@H]1CC2(CCNCC2)c2cc(OC)ccc21. The van der Waals surface area contributed by atoms with Crippen molar-refractivity contribution in [3.63, 3.8) is 0 Å². The molecule has 1 fully saturated rings. The van der Waals surface area contributed by atoms with E-state index < -0.39 is 0 Å². The van der Waals surface area contributed by atoms with Gasteiger partial charge in [0, 0.05) is 12.0 Å². The topological polar surface area (TPSA) is 30.5 Å². The first-order chi connectivity index (χ1) is 9.29. The molecule has 1 N–H and O–H groups in total. The van der Waals surface area contributed by atoms with Gasteiger partial charge in [0.1, 0.15) is 5.75 Å². The number of piperidine rings is 1. The average Bonchev–Trinajstić information content (AvgIpc) is 2.74. The Balaban J connectivity index is 2.01. The van der Waals surface area contributed by atoms with Crippen LogP contribution in [0.1, 0.15) is 43.4 Å². The number of hydrogen-bond donors (Lipinski definition) is 1. The predicted molar refractivity (Wildman–Crippen MR) is 75.8 cm³/mol. The van der Waals surface area contributed by atoms with Crippen LogP contribution in [-0.2, 0) is 10.2 Å². The summed E-state index contributed by atoms with van der Waals surface area (Å²) in [6.07, 6.45) is 3.81. The van der Waals surface area contributed by atoms with Crippen LogP contribution in [0.25, 0.3) is 0 Å². The number of methoxy groups -OCH3 is 1. The summed E-state index contributed by atoms with van der Waals surface area (Å²) in [7, 11) is 1.74. The number of ether oxygens (including phenoxy) is 2. The van der Waals surface area contributed by atoms with Gasteiger partial charge in [0.25, 0.3) is 0 Å². The molecule has 0 radical (unpaired) electrons. The summed E-state index contributed by atoms with van der Waals surface area (Å²) in [6.45, 7) is 5.08. The molecule has 1 atom stereocenters. The quantitative estimate of drug-likeness (QED) is 0.907. The van der Waals surface area contributed by atoms with E-state index >= 15 is 0 Å². The lowest BCUT2D eigenvalue weighted by atomic mass is 9.74. The van der Waals surface area contributed by atoms with Crippen LogP contribution in [0.15, 0.2) is 18.2 Å². The third kappa shape index (κ3) is 2.15. The Kier molecular flexibility index (Phi) is 3.50. The van der Waals surface area contributed by atoms with Gasteiger partial charge in [-0.15, -0.1) is 0 Å². The van der Waals surface area contributed by atoms with E-state index in [0.29, 0.717) is 5.41 Å². The Morgan fingerprint density at radius 3 is 2.79 bits per heavy atom. The summed E-state index contributed by atoms with van der Waals surface area (Å²) >= 11 is 0. The van der Waals surface area contributed by atoms with Gasteiger partial charge in [-0.1, -0.05) is 6.07 Å². The minimum Gasteiger partial charge on any atom is -0.497 e. The zero-order valence-electron chi connectivity index (χ0n) is 11.9. The lowest BCUT2D eigenvalue weighted by Crippen LogP contribution is -2.38. The largest absolute Gasteiger partial charge is 0.497 e. The number of fused-ring (bicyclic) bond motifs is 2. The van der Waals surface area contributed by atoms with Crippen LogP contribution in [0.4, 0.5) is 0 Å². The van der Waals surface area contributed by atoms with Gasteiger partial charge in [0.15, 0.2) is 0 Å². The Labute approximate surface area is 115 Å². The van der Waals surface area contributed by atoms with E-state index in [1.54, 1.807) is 7.11 Å². The van der Waals surface area contributed by atoms with Crippen molar-refractivity contribution in [1.82, 2.24) is 5.32 Å². The highest BCUT2D eigenvalue weighted by molar-refractivity contribution is 5.46. The first-order valence-corrected chi connectivity index (χ1v) is 7.30. The summed E-state index contributed by atoms with van der Waals surface area (Å²) < 4.78 is 11.4. The second-order valence-electron chi connectivity index (χ2n) is 5.63. The van der Waals surface area contributed by atoms with Gasteiger partial charge in [-0.3, -0.25) is 0 Å². The maximum Gasteiger partial charge on any atom is 0.119 e. The maximum atomic E-state index is 5.97. The predicted octanol–water partition coefficient (Wildman–Crippen LogP) is 2.80. The van der Waals surface area contributed by atoms with Crippen molar-refractivity contribution in [2.24, 2.45) is 0 Å². The van der Waals surface area contributed by atoms with Gasteiger partial charge >= 0.3 is 0 Å². The summed E-state index contributed by atoms with van der Waals surface area (Å²) in [5.74, 6) is 0.966. The fourth-order valence-electron chi connectivity index (χ4n) is 3.71. The summed E-state index contributed by atoms with van der Waals surface area (Å²) in [5.41, 5.74) is 3.14. The molecule has 1 aliphatic carbocycles. The highest BCUT2D eigenvalue weighted by atomic mass is 16.5. The van der Waals surface area contributed by atoms with Crippen LogP contribution in [-0.4, -0.2) is 26.8 Å². The van der Waals surface area contributed by atoms with Crippen LogP contribution in [0.3, 0.4) is 0 Å². The van der Waals surface area contributed by atoms with Crippen LogP contribution < -0.4 is 10.1 Å². The minimum atomic E-state index is 0.268. The molecule has 19 heavy (non-hydrogen) atoms. The summed E-state index contributed by atoms with van der Waals surface area (Å²) in [5, 5.41) is 3.47. The normalized spacial score (nSPS) is 24.4. The molecule has 104 valence electrons. The molecule has 3 heteroatoms. The van der Waals surface area contributed by atoms with E-state index in [4.69, 9.17) is 9.47 Å². The molecule has 1 aromatic rings. The van der Waals surface area contributed by atoms with Gasteiger partial charge in [0.05, 0.1) is 13.2 Å². The van der Waals surface area contributed by atoms with Crippen LogP contribution >= 0.6 is 0 Å². The van der Waals surface area contributed by atoms with E-state index in [0.717, 1.165) is 31.9 Å². The van der Waals surface area contributed by atoms with Gasteiger partial charge < -0.3 is 14.8 Å². The highest BCUT2D eigenvalue weighted by Gasteiger charge is 2.44. The molecular weight excluding hydrogens is 238 g/mol. The molecule has 0 unspecified atom stereocenters. The summed E-state index contributed by atoms with van der Waals surface area (Å²) in [6, 6.07) is 6.50. The molecule has 0 saturated carbocycles. The Hall–Kier alpha value is -1.06. The van der Waals surface area contributed by atoms with Gasteiger partial charge in [-0.05, 0) is 62.5 Å². The van der Waals surface area contributed by atoms with Gasteiger partial charge in [0.2, 0.25) is 0 Å². The lowest BCUT2D eigenvalue weighted by molar-refractivity contribution is 0.0474. The monoisotopic (exact) mass is 261 g/mol. The first kappa shape index (κ1) is 12.9. The zero-order valence-corrected chi connectivity index (χ0v) is 11.9. The second-order valence-corrected chi connectivity index (χ2v) is 5.63. The van der Waals surface area contributed by atoms with Gasteiger partial charge in [-0.25, -0.2) is 0 Å². The molecule has 0 aromatic heterocycles. The lowest BCUT2D eigenvalue weighted by Gasteiger charge is -2.35. The van der Waals surface area contributed by atoms with E-state index in [2.05, 4.69) is 30.4 Å². The summed E-state index contributed by atoms with van der Waals surface area (Å²) in [4.78, 5) is 0. The maximum absolute atomic E-state index is 5.97. The van der Waals surface area contributed by atoms with Crippen molar-refractivity contribution in [3.05, 3.63) is 29.3 Å². The van der Waals surface area contributed by atoms with Crippen molar-refractivity contribution in [3.8, 4) is 5.75 Å². The molecule has 0 amide bonds. The standard InChI is InChI=1S/C16H23NO2/c1-3-19-15-11-16(6-8-17-9-7-16)14-10-12(18-2)4-5-13(14)15/h4-5,10,15,17H,3,6-9,11H2,1-2H3/t15-/m0/s1. The number of benzene rings is 1. The molecule has 0 bridgehead atoms. The van der Waals surface area contributed by atoms with Gasteiger partial charge in [-0.2, -0.15) is 0 Å². The third-order valence-corrected chi connectivity index (χ3v) is 4.68. The number of rotatable bonds is 3. The van der Waals surface area contributed by atoms with E-state index in [1.165, 1.54) is 24.0 Å². The average molecular weight is 261 g/mol. The molecular formula is C16H23NO2. The Morgan fingerprint density at radius 2 is 2.11 bits per heavy atom. The van der Waals surface area contributed by atoms with Crippen LogP contribution in [0, 0.1) is 0 Å². The minimum absolute atomic E-state index is 0.268. The zero-order chi connectivity index (χ0) is 13.3. The third-order valence-electron chi connectivity index (χ3n) is 4.68. The molecule has 1 heterocycles. The molecule has 1 aromatic carbocycles. The van der Waals surface area contributed by atoms with Crippen molar-refractivity contribution >= 4 is 0 Å².